The van der Waals surface area contributed by atoms with Gasteiger partial charge in [-0.05, 0) is 30.5 Å². The van der Waals surface area contributed by atoms with Gasteiger partial charge in [0.15, 0.2) is 5.96 Å². The molecule has 1 aromatic rings. The highest BCUT2D eigenvalue weighted by molar-refractivity contribution is 7.92. The van der Waals surface area contributed by atoms with Gasteiger partial charge in [-0.1, -0.05) is 12.1 Å². The number of aliphatic imine (C=N–C) groups is 1. The lowest BCUT2D eigenvalue weighted by atomic mass is 9.87. The zero-order chi connectivity index (χ0) is 17.9. The third-order valence-corrected chi connectivity index (χ3v) is 5.42. The Morgan fingerprint density at radius 2 is 2.24 bits per heavy atom. The average Bonchev–Trinajstić information content (AvgIpc) is 3.17. The summed E-state index contributed by atoms with van der Waals surface area (Å²) in [6.07, 6.45) is 3.41. The molecule has 138 valence electrons. The van der Waals surface area contributed by atoms with E-state index in [9.17, 15) is 8.42 Å². The Balaban J connectivity index is 1.59. The van der Waals surface area contributed by atoms with E-state index in [0.717, 1.165) is 56.9 Å². The number of anilines is 1. The van der Waals surface area contributed by atoms with Crippen molar-refractivity contribution in [3.05, 3.63) is 29.8 Å². The number of ether oxygens (including phenoxy) is 1. The lowest BCUT2D eigenvalue weighted by Crippen LogP contribution is -2.41. The van der Waals surface area contributed by atoms with Crippen molar-refractivity contribution in [3.8, 4) is 0 Å². The standard InChI is InChI=1S/C17H26N4O3S/c1-18-16(21-8-6-17(12-21)7-9-24-13-17)19-11-14-4-3-5-15(10-14)20-25(2,22)23/h3-5,10,20H,6-9,11-13H2,1-2H3,(H,18,19). The first-order chi connectivity index (χ1) is 11.9. The summed E-state index contributed by atoms with van der Waals surface area (Å²) in [5, 5.41) is 3.38. The van der Waals surface area contributed by atoms with Crippen LogP contribution < -0.4 is 10.0 Å². The van der Waals surface area contributed by atoms with Gasteiger partial charge >= 0.3 is 0 Å². The van der Waals surface area contributed by atoms with Crippen molar-refractivity contribution in [2.45, 2.75) is 19.4 Å². The van der Waals surface area contributed by atoms with Gasteiger partial charge in [-0.2, -0.15) is 0 Å². The SMILES string of the molecule is CN=C(NCc1cccc(NS(C)(=O)=O)c1)N1CCC2(CCOC2)C1. The van der Waals surface area contributed by atoms with Gasteiger partial charge in [-0.3, -0.25) is 9.71 Å². The largest absolute Gasteiger partial charge is 0.381 e. The van der Waals surface area contributed by atoms with E-state index >= 15 is 0 Å². The van der Waals surface area contributed by atoms with Crippen molar-refractivity contribution in [2.24, 2.45) is 10.4 Å². The maximum Gasteiger partial charge on any atom is 0.229 e. The molecule has 0 radical (unpaired) electrons. The molecule has 0 saturated carbocycles. The predicted octanol–water partition coefficient (Wildman–Crippen LogP) is 1.25. The fraction of sp³-hybridized carbons (Fsp3) is 0.588. The van der Waals surface area contributed by atoms with Gasteiger partial charge in [0, 0.05) is 44.4 Å². The summed E-state index contributed by atoms with van der Waals surface area (Å²) >= 11 is 0. The summed E-state index contributed by atoms with van der Waals surface area (Å²) in [4.78, 5) is 6.69. The Hall–Kier alpha value is -1.80. The van der Waals surface area contributed by atoms with Crippen LogP contribution in [0.15, 0.2) is 29.3 Å². The summed E-state index contributed by atoms with van der Waals surface area (Å²) in [5.41, 5.74) is 1.85. The molecule has 1 aromatic carbocycles. The van der Waals surface area contributed by atoms with Crippen molar-refractivity contribution >= 4 is 21.7 Å². The van der Waals surface area contributed by atoms with E-state index < -0.39 is 10.0 Å². The monoisotopic (exact) mass is 366 g/mol. The molecule has 1 spiro atoms. The summed E-state index contributed by atoms with van der Waals surface area (Å²) in [5.74, 6) is 0.880. The van der Waals surface area contributed by atoms with Crippen molar-refractivity contribution in [1.82, 2.24) is 10.2 Å². The van der Waals surface area contributed by atoms with E-state index in [4.69, 9.17) is 4.74 Å². The Morgan fingerprint density at radius 3 is 2.92 bits per heavy atom. The van der Waals surface area contributed by atoms with E-state index in [2.05, 4.69) is 19.9 Å². The minimum absolute atomic E-state index is 0.289. The van der Waals surface area contributed by atoms with E-state index in [1.807, 2.05) is 18.2 Å². The molecule has 2 heterocycles. The average molecular weight is 366 g/mol. The smallest absolute Gasteiger partial charge is 0.229 e. The molecule has 0 amide bonds. The summed E-state index contributed by atoms with van der Waals surface area (Å²) in [7, 11) is -1.48. The van der Waals surface area contributed by atoms with Crippen LogP contribution in [0.5, 0.6) is 0 Å². The molecule has 0 aliphatic carbocycles. The quantitative estimate of drug-likeness (QED) is 0.619. The van der Waals surface area contributed by atoms with E-state index in [1.54, 1.807) is 13.1 Å². The molecule has 2 fully saturated rings. The number of benzene rings is 1. The molecule has 3 rings (SSSR count). The second-order valence-electron chi connectivity index (χ2n) is 6.95. The van der Waals surface area contributed by atoms with Gasteiger partial charge in [0.25, 0.3) is 0 Å². The van der Waals surface area contributed by atoms with Crippen LogP contribution in [0.2, 0.25) is 0 Å². The van der Waals surface area contributed by atoms with Crippen molar-refractivity contribution in [3.63, 3.8) is 0 Å². The second-order valence-corrected chi connectivity index (χ2v) is 8.70. The molecule has 1 unspecified atom stereocenters. The van der Waals surface area contributed by atoms with Crippen LogP contribution in [0, 0.1) is 5.41 Å². The molecular weight excluding hydrogens is 340 g/mol. The number of rotatable bonds is 4. The van der Waals surface area contributed by atoms with E-state index in [0.29, 0.717) is 12.2 Å². The highest BCUT2D eigenvalue weighted by Crippen LogP contribution is 2.38. The number of guanidine groups is 1. The van der Waals surface area contributed by atoms with Gasteiger partial charge < -0.3 is 15.0 Å². The third-order valence-electron chi connectivity index (χ3n) is 4.82. The van der Waals surface area contributed by atoms with Crippen LogP contribution in [-0.4, -0.2) is 58.9 Å². The lowest BCUT2D eigenvalue weighted by Gasteiger charge is -2.25. The van der Waals surface area contributed by atoms with Crippen LogP contribution in [0.3, 0.4) is 0 Å². The number of hydrogen-bond acceptors (Lipinski definition) is 4. The van der Waals surface area contributed by atoms with Crippen LogP contribution in [-0.2, 0) is 21.3 Å². The van der Waals surface area contributed by atoms with Gasteiger partial charge in [0.1, 0.15) is 0 Å². The summed E-state index contributed by atoms with van der Waals surface area (Å²) in [6, 6.07) is 7.37. The molecule has 7 nitrogen and oxygen atoms in total. The minimum Gasteiger partial charge on any atom is -0.381 e. The number of sulfonamides is 1. The second kappa shape index (κ2) is 7.21. The Labute approximate surface area is 149 Å². The zero-order valence-corrected chi connectivity index (χ0v) is 15.6. The number of nitrogens with one attached hydrogen (secondary N) is 2. The summed E-state index contributed by atoms with van der Waals surface area (Å²) < 4.78 is 30.8. The summed E-state index contributed by atoms with van der Waals surface area (Å²) in [6.45, 7) is 4.26. The zero-order valence-electron chi connectivity index (χ0n) is 14.8. The Morgan fingerprint density at radius 1 is 1.40 bits per heavy atom. The molecular formula is C17H26N4O3S. The Kier molecular flexibility index (Phi) is 5.19. The number of likely N-dealkylation sites (tertiary alicyclic amines) is 1. The molecule has 2 N–H and O–H groups in total. The van der Waals surface area contributed by atoms with Gasteiger partial charge in [-0.25, -0.2) is 8.42 Å². The molecule has 0 aromatic heterocycles. The first-order valence-corrected chi connectivity index (χ1v) is 10.4. The van der Waals surface area contributed by atoms with Crippen LogP contribution in [0.1, 0.15) is 18.4 Å². The van der Waals surface area contributed by atoms with Crippen molar-refractivity contribution in [2.75, 3.05) is 44.3 Å². The number of hydrogen-bond donors (Lipinski definition) is 2. The van der Waals surface area contributed by atoms with Crippen molar-refractivity contribution in [1.29, 1.82) is 0 Å². The molecule has 25 heavy (non-hydrogen) atoms. The molecule has 1 atom stereocenters. The molecule has 8 heteroatoms. The fourth-order valence-corrected chi connectivity index (χ4v) is 4.11. The molecule has 2 saturated heterocycles. The van der Waals surface area contributed by atoms with Crippen molar-refractivity contribution < 1.29 is 13.2 Å². The molecule has 0 bridgehead atoms. The third kappa shape index (κ3) is 4.64. The first-order valence-electron chi connectivity index (χ1n) is 8.49. The van der Waals surface area contributed by atoms with Gasteiger partial charge in [-0.15, -0.1) is 0 Å². The van der Waals surface area contributed by atoms with Crippen LogP contribution in [0.25, 0.3) is 0 Å². The van der Waals surface area contributed by atoms with E-state index in [-0.39, 0.29) is 5.41 Å². The first kappa shape index (κ1) is 18.0. The Bertz CT molecular complexity index is 742. The predicted molar refractivity (Wildman–Crippen MR) is 99.2 cm³/mol. The lowest BCUT2D eigenvalue weighted by molar-refractivity contribution is 0.156. The van der Waals surface area contributed by atoms with E-state index in [1.165, 1.54) is 0 Å². The number of nitrogens with zero attached hydrogens (tertiary/aromatic N) is 2. The maximum atomic E-state index is 11.4. The molecule has 2 aliphatic rings. The maximum absolute atomic E-state index is 11.4. The van der Waals surface area contributed by atoms with Gasteiger partial charge in [0.2, 0.25) is 10.0 Å². The van der Waals surface area contributed by atoms with Gasteiger partial charge in [0.05, 0.1) is 12.9 Å². The molecule has 2 aliphatic heterocycles. The van der Waals surface area contributed by atoms with Crippen LogP contribution in [0.4, 0.5) is 5.69 Å². The normalized spacial score (nSPS) is 24.1. The van der Waals surface area contributed by atoms with Crippen LogP contribution >= 0.6 is 0 Å². The highest BCUT2D eigenvalue weighted by Gasteiger charge is 2.42. The minimum atomic E-state index is -3.27. The topological polar surface area (TPSA) is 83.0 Å². The highest BCUT2D eigenvalue weighted by atomic mass is 32.2. The fourth-order valence-electron chi connectivity index (χ4n) is 3.56.